The molecule has 4 nitrogen and oxygen atoms in total. The summed E-state index contributed by atoms with van der Waals surface area (Å²) in [5, 5.41) is 12.2. The third kappa shape index (κ3) is 3.30. The van der Waals surface area contributed by atoms with E-state index < -0.39 is 23.3 Å². The average molecular weight is 331 g/mol. The highest BCUT2D eigenvalue weighted by atomic mass is 35.5. The first-order valence-corrected chi connectivity index (χ1v) is 6.40. The molecule has 0 radical (unpaired) electrons. The highest BCUT2D eigenvalue weighted by Gasteiger charge is 2.32. The van der Waals surface area contributed by atoms with Crippen molar-refractivity contribution in [3.05, 3.63) is 52.2 Å². The summed E-state index contributed by atoms with van der Waals surface area (Å²) >= 11 is 5.94. The van der Waals surface area contributed by atoms with Crippen LogP contribution in [0.2, 0.25) is 5.02 Å². The van der Waals surface area contributed by atoms with Crippen LogP contribution in [0.5, 0.6) is 0 Å². The van der Waals surface area contributed by atoms with Gasteiger partial charge in [-0.2, -0.15) is 13.2 Å². The molecule has 1 heterocycles. The van der Waals surface area contributed by atoms with E-state index in [0.717, 1.165) is 0 Å². The molecular formula is C14H10ClF3N2O2. The summed E-state index contributed by atoms with van der Waals surface area (Å²) < 4.78 is 37.9. The standard InChI is InChI=1S/C14H10ClF3N2O2/c1-7-10(15)3-2-4-11(7)20-12-9(13(21)22)5-8(6-19-12)14(16,17)18/h2-6H,1H3,(H,19,20)(H,21,22). The summed E-state index contributed by atoms with van der Waals surface area (Å²) in [6.07, 6.45) is -4.09. The van der Waals surface area contributed by atoms with Gasteiger partial charge in [0, 0.05) is 16.9 Å². The number of pyridine rings is 1. The second-order valence-electron chi connectivity index (χ2n) is 4.46. The van der Waals surface area contributed by atoms with Crippen molar-refractivity contribution in [3.8, 4) is 0 Å². The van der Waals surface area contributed by atoms with Crippen molar-refractivity contribution >= 4 is 29.1 Å². The lowest BCUT2D eigenvalue weighted by Gasteiger charge is -2.13. The van der Waals surface area contributed by atoms with E-state index in [4.69, 9.17) is 16.7 Å². The minimum Gasteiger partial charge on any atom is -0.478 e. The number of benzene rings is 1. The lowest BCUT2D eigenvalue weighted by atomic mass is 10.1. The predicted molar refractivity (Wildman–Crippen MR) is 75.7 cm³/mol. The summed E-state index contributed by atoms with van der Waals surface area (Å²) in [6, 6.07) is 5.42. The van der Waals surface area contributed by atoms with Crippen LogP contribution >= 0.6 is 11.6 Å². The van der Waals surface area contributed by atoms with Gasteiger partial charge in [0.05, 0.1) is 5.56 Å². The molecule has 0 aliphatic carbocycles. The number of nitrogens with zero attached hydrogens (tertiary/aromatic N) is 1. The Labute approximate surface area is 128 Å². The summed E-state index contributed by atoms with van der Waals surface area (Å²) in [7, 11) is 0. The summed E-state index contributed by atoms with van der Waals surface area (Å²) in [5.41, 5.74) is -0.614. The van der Waals surface area contributed by atoms with Crippen molar-refractivity contribution in [2.75, 3.05) is 5.32 Å². The van der Waals surface area contributed by atoms with E-state index in [1.165, 1.54) is 0 Å². The minimum absolute atomic E-state index is 0.189. The zero-order chi connectivity index (χ0) is 16.5. The van der Waals surface area contributed by atoms with Gasteiger partial charge in [0.2, 0.25) is 0 Å². The van der Waals surface area contributed by atoms with Crippen LogP contribution in [0.15, 0.2) is 30.5 Å². The van der Waals surface area contributed by atoms with Crippen LogP contribution < -0.4 is 5.32 Å². The van der Waals surface area contributed by atoms with Gasteiger partial charge in [-0.05, 0) is 30.7 Å². The van der Waals surface area contributed by atoms with Crippen molar-refractivity contribution in [2.24, 2.45) is 0 Å². The smallest absolute Gasteiger partial charge is 0.417 e. The van der Waals surface area contributed by atoms with Crippen LogP contribution in [0.25, 0.3) is 0 Å². The Morgan fingerprint density at radius 3 is 2.64 bits per heavy atom. The lowest BCUT2D eigenvalue weighted by Crippen LogP contribution is -2.11. The molecule has 0 saturated heterocycles. The third-order valence-electron chi connectivity index (χ3n) is 2.97. The second kappa shape index (κ2) is 5.84. The molecular weight excluding hydrogens is 321 g/mol. The fourth-order valence-corrected chi connectivity index (χ4v) is 1.93. The zero-order valence-corrected chi connectivity index (χ0v) is 12.0. The molecule has 0 saturated carbocycles. The van der Waals surface area contributed by atoms with Crippen LogP contribution in [-0.4, -0.2) is 16.1 Å². The molecule has 0 aliphatic heterocycles. The van der Waals surface area contributed by atoms with Gasteiger partial charge in [0.15, 0.2) is 0 Å². The molecule has 0 atom stereocenters. The highest BCUT2D eigenvalue weighted by Crippen LogP contribution is 2.32. The Morgan fingerprint density at radius 2 is 2.05 bits per heavy atom. The van der Waals surface area contributed by atoms with E-state index in [9.17, 15) is 18.0 Å². The van der Waals surface area contributed by atoms with Crippen LogP contribution in [0.1, 0.15) is 21.5 Å². The summed E-state index contributed by atoms with van der Waals surface area (Å²) in [5.74, 6) is -1.70. The molecule has 116 valence electrons. The van der Waals surface area contributed by atoms with Crippen molar-refractivity contribution in [2.45, 2.75) is 13.1 Å². The van der Waals surface area contributed by atoms with Gasteiger partial charge in [0.1, 0.15) is 11.4 Å². The van der Waals surface area contributed by atoms with Crippen molar-refractivity contribution in [1.29, 1.82) is 0 Å². The van der Waals surface area contributed by atoms with Gasteiger partial charge < -0.3 is 10.4 Å². The molecule has 0 bridgehead atoms. The highest BCUT2D eigenvalue weighted by molar-refractivity contribution is 6.31. The number of hydrogen-bond acceptors (Lipinski definition) is 3. The van der Waals surface area contributed by atoms with Crippen LogP contribution in [-0.2, 0) is 6.18 Å². The SMILES string of the molecule is Cc1c(Cl)cccc1Nc1ncc(C(F)(F)F)cc1C(=O)O. The zero-order valence-electron chi connectivity index (χ0n) is 11.2. The molecule has 0 amide bonds. The Balaban J connectivity index is 2.47. The Morgan fingerprint density at radius 1 is 1.36 bits per heavy atom. The van der Waals surface area contributed by atoms with Crippen LogP contribution in [0.3, 0.4) is 0 Å². The molecule has 0 aliphatic rings. The maximum absolute atomic E-state index is 12.6. The molecule has 2 N–H and O–H groups in total. The maximum atomic E-state index is 12.6. The largest absolute Gasteiger partial charge is 0.478 e. The van der Waals surface area contributed by atoms with Crippen LogP contribution in [0, 0.1) is 6.92 Å². The number of halogens is 4. The topological polar surface area (TPSA) is 62.2 Å². The number of alkyl halides is 3. The Hall–Kier alpha value is -2.28. The summed E-state index contributed by atoms with van der Waals surface area (Å²) in [4.78, 5) is 14.7. The van der Waals surface area contributed by atoms with E-state index in [-0.39, 0.29) is 5.82 Å². The molecule has 1 aromatic heterocycles. The Kier molecular flexibility index (Phi) is 4.27. The lowest BCUT2D eigenvalue weighted by molar-refractivity contribution is -0.137. The van der Waals surface area contributed by atoms with Gasteiger partial charge in [-0.25, -0.2) is 9.78 Å². The fourth-order valence-electron chi connectivity index (χ4n) is 1.75. The van der Waals surface area contributed by atoms with Crippen molar-refractivity contribution < 1.29 is 23.1 Å². The van der Waals surface area contributed by atoms with Gasteiger partial charge in [-0.3, -0.25) is 0 Å². The monoisotopic (exact) mass is 330 g/mol. The summed E-state index contributed by atoms with van der Waals surface area (Å²) in [6.45, 7) is 1.69. The number of carboxylic acid groups (broad SMARTS) is 1. The molecule has 0 spiro atoms. The molecule has 8 heteroatoms. The second-order valence-corrected chi connectivity index (χ2v) is 4.87. The average Bonchev–Trinajstić information content (AvgIpc) is 2.43. The number of rotatable bonds is 3. The number of nitrogens with one attached hydrogen (secondary N) is 1. The third-order valence-corrected chi connectivity index (χ3v) is 3.38. The quantitative estimate of drug-likeness (QED) is 0.869. The number of aromatic nitrogens is 1. The van der Waals surface area contributed by atoms with Gasteiger partial charge in [-0.1, -0.05) is 17.7 Å². The van der Waals surface area contributed by atoms with E-state index in [2.05, 4.69) is 10.3 Å². The van der Waals surface area contributed by atoms with Crippen molar-refractivity contribution in [3.63, 3.8) is 0 Å². The first-order valence-electron chi connectivity index (χ1n) is 6.03. The first-order chi connectivity index (χ1) is 10.2. The number of aromatic carboxylic acids is 1. The van der Waals surface area contributed by atoms with E-state index in [1.807, 2.05) is 0 Å². The first kappa shape index (κ1) is 16.1. The number of hydrogen-bond donors (Lipinski definition) is 2. The van der Waals surface area contributed by atoms with E-state index in [0.29, 0.717) is 28.5 Å². The molecule has 1 aromatic carbocycles. The predicted octanol–water partition coefficient (Wildman–Crippen LogP) is 4.50. The van der Waals surface area contributed by atoms with E-state index in [1.54, 1.807) is 25.1 Å². The van der Waals surface area contributed by atoms with Crippen LogP contribution in [0.4, 0.5) is 24.7 Å². The minimum atomic E-state index is -4.66. The number of carbonyl (C=O) groups is 1. The fraction of sp³-hybridized carbons (Fsp3) is 0.143. The molecule has 22 heavy (non-hydrogen) atoms. The molecule has 0 fully saturated rings. The molecule has 2 rings (SSSR count). The van der Waals surface area contributed by atoms with Crippen molar-refractivity contribution in [1.82, 2.24) is 4.98 Å². The normalized spacial score (nSPS) is 11.3. The van der Waals surface area contributed by atoms with E-state index >= 15 is 0 Å². The maximum Gasteiger partial charge on any atom is 0.417 e. The number of anilines is 2. The molecule has 0 unspecified atom stereocenters. The van der Waals surface area contributed by atoms with Gasteiger partial charge in [-0.15, -0.1) is 0 Å². The van der Waals surface area contributed by atoms with Gasteiger partial charge >= 0.3 is 12.1 Å². The van der Waals surface area contributed by atoms with Gasteiger partial charge in [0.25, 0.3) is 0 Å². The molecule has 2 aromatic rings. The number of carboxylic acids is 1. The Bertz CT molecular complexity index is 733.